The lowest BCUT2D eigenvalue weighted by Gasteiger charge is -2.25. The lowest BCUT2D eigenvalue weighted by Crippen LogP contribution is -2.38. The Balaban J connectivity index is 2.08. The van der Waals surface area contributed by atoms with E-state index in [1.165, 1.54) is 12.1 Å². The zero-order valence-corrected chi connectivity index (χ0v) is 12.6. The van der Waals surface area contributed by atoms with Crippen molar-refractivity contribution in [3.8, 4) is 0 Å². The highest BCUT2D eigenvalue weighted by molar-refractivity contribution is 7.89. The second-order valence-electron chi connectivity index (χ2n) is 5.02. The van der Waals surface area contributed by atoms with Gasteiger partial charge < -0.3 is 10.8 Å². The molecule has 110 valence electrons. The molecule has 0 bridgehead atoms. The van der Waals surface area contributed by atoms with Gasteiger partial charge in [0.15, 0.2) is 0 Å². The van der Waals surface area contributed by atoms with Gasteiger partial charge in [0, 0.05) is 11.6 Å². The number of hydrogen-bond donors (Lipinski definition) is 3. The molecule has 0 heterocycles. The van der Waals surface area contributed by atoms with E-state index in [0.717, 1.165) is 0 Å². The van der Waals surface area contributed by atoms with Crippen LogP contribution in [0.3, 0.4) is 0 Å². The van der Waals surface area contributed by atoms with Gasteiger partial charge >= 0.3 is 0 Å². The molecule has 1 aromatic rings. The van der Waals surface area contributed by atoms with Crippen LogP contribution in [-0.2, 0) is 10.0 Å². The molecule has 0 radical (unpaired) electrons. The SMILES string of the molecule is NC(=S)c1ccc(S(=O)(=O)NC2CCC(O)CC2)cc1. The van der Waals surface area contributed by atoms with Gasteiger partial charge in [-0.3, -0.25) is 0 Å². The van der Waals surface area contributed by atoms with E-state index in [2.05, 4.69) is 4.72 Å². The van der Waals surface area contributed by atoms with Crippen molar-refractivity contribution >= 4 is 27.2 Å². The lowest BCUT2D eigenvalue weighted by atomic mass is 9.94. The molecule has 0 unspecified atom stereocenters. The maximum atomic E-state index is 12.2. The summed E-state index contributed by atoms with van der Waals surface area (Å²) in [6.07, 6.45) is 2.28. The Hall–Kier alpha value is -1.02. The van der Waals surface area contributed by atoms with Gasteiger partial charge in [0.05, 0.1) is 11.0 Å². The minimum Gasteiger partial charge on any atom is -0.393 e. The van der Waals surface area contributed by atoms with E-state index in [9.17, 15) is 13.5 Å². The number of nitrogens with two attached hydrogens (primary N) is 1. The highest BCUT2D eigenvalue weighted by Crippen LogP contribution is 2.20. The Labute approximate surface area is 124 Å². The Morgan fingerprint density at radius 3 is 2.25 bits per heavy atom. The molecule has 1 aliphatic carbocycles. The second-order valence-corrected chi connectivity index (χ2v) is 7.17. The van der Waals surface area contributed by atoms with Gasteiger partial charge in [-0.05, 0) is 37.8 Å². The number of rotatable bonds is 4. The van der Waals surface area contributed by atoms with E-state index in [4.69, 9.17) is 18.0 Å². The molecule has 0 aromatic heterocycles. The van der Waals surface area contributed by atoms with Crippen LogP contribution in [0.25, 0.3) is 0 Å². The molecule has 0 spiro atoms. The van der Waals surface area contributed by atoms with Gasteiger partial charge in [0.25, 0.3) is 0 Å². The molecular weight excluding hydrogens is 296 g/mol. The lowest BCUT2D eigenvalue weighted by molar-refractivity contribution is 0.120. The summed E-state index contributed by atoms with van der Waals surface area (Å²) in [7, 11) is -3.54. The van der Waals surface area contributed by atoms with Crippen molar-refractivity contribution in [1.29, 1.82) is 0 Å². The van der Waals surface area contributed by atoms with Crippen LogP contribution in [0.15, 0.2) is 29.2 Å². The summed E-state index contributed by atoms with van der Waals surface area (Å²) < 4.78 is 27.1. The summed E-state index contributed by atoms with van der Waals surface area (Å²) in [4.78, 5) is 0.437. The first-order chi connectivity index (χ1) is 9.38. The number of aliphatic hydroxyl groups excluding tert-OH is 1. The third-order valence-electron chi connectivity index (χ3n) is 3.47. The number of benzene rings is 1. The zero-order valence-electron chi connectivity index (χ0n) is 11.0. The average molecular weight is 314 g/mol. The van der Waals surface area contributed by atoms with Crippen molar-refractivity contribution in [2.24, 2.45) is 5.73 Å². The van der Waals surface area contributed by atoms with Crippen LogP contribution in [0, 0.1) is 0 Å². The molecule has 0 aliphatic heterocycles. The van der Waals surface area contributed by atoms with Gasteiger partial charge in [-0.25, -0.2) is 13.1 Å². The fraction of sp³-hybridized carbons (Fsp3) is 0.462. The molecule has 0 atom stereocenters. The van der Waals surface area contributed by atoms with Crippen molar-refractivity contribution in [2.45, 2.75) is 42.7 Å². The van der Waals surface area contributed by atoms with Gasteiger partial charge in [-0.2, -0.15) is 0 Å². The second kappa shape index (κ2) is 6.17. The first-order valence-corrected chi connectivity index (χ1v) is 8.38. The highest BCUT2D eigenvalue weighted by Gasteiger charge is 2.24. The molecule has 2 rings (SSSR count). The molecule has 1 aliphatic rings. The summed E-state index contributed by atoms with van der Waals surface area (Å²) in [5.74, 6) is 0. The van der Waals surface area contributed by atoms with E-state index in [1.807, 2.05) is 0 Å². The molecule has 0 amide bonds. The van der Waals surface area contributed by atoms with Crippen molar-refractivity contribution in [1.82, 2.24) is 4.72 Å². The van der Waals surface area contributed by atoms with E-state index in [0.29, 0.717) is 31.2 Å². The fourth-order valence-corrected chi connectivity index (χ4v) is 3.72. The van der Waals surface area contributed by atoms with E-state index >= 15 is 0 Å². The summed E-state index contributed by atoms with van der Waals surface area (Å²) in [5.41, 5.74) is 6.12. The summed E-state index contributed by atoms with van der Waals surface area (Å²) in [6.45, 7) is 0. The summed E-state index contributed by atoms with van der Waals surface area (Å²) >= 11 is 4.83. The number of aliphatic hydroxyl groups is 1. The van der Waals surface area contributed by atoms with Crippen molar-refractivity contribution in [3.05, 3.63) is 29.8 Å². The molecule has 1 saturated carbocycles. The van der Waals surface area contributed by atoms with E-state index < -0.39 is 10.0 Å². The van der Waals surface area contributed by atoms with Crippen LogP contribution in [0.2, 0.25) is 0 Å². The van der Waals surface area contributed by atoms with E-state index in [-0.39, 0.29) is 22.0 Å². The Morgan fingerprint density at radius 1 is 1.20 bits per heavy atom. The predicted octanol–water partition coefficient (Wildman–Crippen LogP) is 0.903. The first kappa shape index (κ1) is 15.4. The van der Waals surface area contributed by atoms with Gasteiger partial charge in [0.1, 0.15) is 4.99 Å². The molecule has 4 N–H and O–H groups in total. The Morgan fingerprint density at radius 2 is 1.75 bits per heavy atom. The molecule has 1 aromatic carbocycles. The predicted molar refractivity (Wildman–Crippen MR) is 80.9 cm³/mol. The number of hydrogen-bond acceptors (Lipinski definition) is 4. The standard InChI is InChI=1S/C13H18N2O3S2/c14-13(19)9-1-7-12(8-2-9)20(17,18)15-10-3-5-11(16)6-4-10/h1-2,7-8,10-11,15-16H,3-6H2,(H2,14,19). The minimum absolute atomic E-state index is 0.112. The molecule has 20 heavy (non-hydrogen) atoms. The van der Waals surface area contributed by atoms with Crippen molar-refractivity contribution in [3.63, 3.8) is 0 Å². The molecule has 0 saturated heterocycles. The highest BCUT2D eigenvalue weighted by atomic mass is 32.2. The van der Waals surface area contributed by atoms with E-state index in [1.54, 1.807) is 12.1 Å². The Bertz CT molecular complexity index is 576. The first-order valence-electron chi connectivity index (χ1n) is 6.49. The number of sulfonamides is 1. The zero-order chi connectivity index (χ0) is 14.8. The molecule has 7 heteroatoms. The fourth-order valence-electron chi connectivity index (χ4n) is 2.28. The smallest absolute Gasteiger partial charge is 0.240 e. The molecule has 5 nitrogen and oxygen atoms in total. The number of nitrogens with one attached hydrogen (secondary N) is 1. The van der Waals surface area contributed by atoms with Crippen LogP contribution in [0.5, 0.6) is 0 Å². The quantitative estimate of drug-likeness (QED) is 0.718. The third-order valence-corrected chi connectivity index (χ3v) is 5.24. The average Bonchev–Trinajstić information content (AvgIpc) is 2.41. The monoisotopic (exact) mass is 314 g/mol. The molecule has 1 fully saturated rings. The van der Waals surface area contributed by atoms with Crippen LogP contribution < -0.4 is 10.5 Å². The maximum Gasteiger partial charge on any atom is 0.240 e. The Kier molecular flexibility index (Phi) is 4.74. The van der Waals surface area contributed by atoms with Gasteiger partial charge in [0.2, 0.25) is 10.0 Å². The minimum atomic E-state index is -3.54. The van der Waals surface area contributed by atoms with Crippen molar-refractivity contribution < 1.29 is 13.5 Å². The van der Waals surface area contributed by atoms with Crippen LogP contribution in [-0.4, -0.2) is 30.7 Å². The summed E-state index contributed by atoms with van der Waals surface area (Å²) in [5, 5.41) is 9.42. The van der Waals surface area contributed by atoms with Crippen LogP contribution in [0.1, 0.15) is 31.2 Å². The van der Waals surface area contributed by atoms with Crippen LogP contribution in [0.4, 0.5) is 0 Å². The van der Waals surface area contributed by atoms with Crippen LogP contribution >= 0.6 is 12.2 Å². The van der Waals surface area contributed by atoms with Gasteiger partial charge in [-0.1, -0.05) is 24.4 Å². The normalized spacial score (nSPS) is 23.4. The molecular formula is C13H18N2O3S2. The maximum absolute atomic E-state index is 12.2. The third kappa shape index (κ3) is 3.76. The number of thiocarbonyl (C=S) groups is 1. The van der Waals surface area contributed by atoms with Crippen molar-refractivity contribution in [2.75, 3.05) is 0 Å². The van der Waals surface area contributed by atoms with Gasteiger partial charge in [-0.15, -0.1) is 0 Å². The topological polar surface area (TPSA) is 92.4 Å². The largest absolute Gasteiger partial charge is 0.393 e. The summed E-state index contributed by atoms with van der Waals surface area (Å²) in [6, 6.07) is 6.07.